The molecule has 0 aliphatic heterocycles. The molecule has 0 saturated carbocycles. The molecule has 0 bridgehead atoms. The Balaban J connectivity index is 2.72. The van der Waals surface area contributed by atoms with Crippen LogP contribution in [0.1, 0.15) is 10.4 Å². The molecule has 80 valence electrons. The molecular formula is C13H8Cl2O. The third-order valence-electron chi connectivity index (χ3n) is 2.32. The summed E-state index contributed by atoms with van der Waals surface area (Å²) in [6.45, 7) is 0. The smallest absolute Gasteiger partial charge is 0.150 e. The Labute approximate surface area is 104 Å². The highest BCUT2D eigenvalue weighted by Crippen LogP contribution is 2.35. The van der Waals surface area contributed by atoms with Crippen molar-refractivity contribution in [2.24, 2.45) is 0 Å². The molecular weight excluding hydrogens is 243 g/mol. The Morgan fingerprint density at radius 3 is 2.25 bits per heavy atom. The van der Waals surface area contributed by atoms with E-state index in [4.69, 9.17) is 23.2 Å². The fraction of sp³-hybridized carbons (Fsp3) is 0. The van der Waals surface area contributed by atoms with E-state index in [0.717, 1.165) is 11.8 Å². The Kier molecular flexibility index (Phi) is 3.28. The summed E-state index contributed by atoms with van der Waals surface area (Å²) in [5.41, 5.74) is 2.11. The molecule has 2 aromatic carbocycles. The maximum Gasteiger partial charge on any atom is 0.150 e. The average molecular weight is 251 g/mol. The summed E-state index contributed by atoms with van der Waals surface area (Å²) in [4.78, 5) is 11.0. The van der Waals surface area contributed by atoms with E-state index in [-0.39, 0.29) is 0 Å². The van der Waals surface area contributed by atoms with Gasteiger partial charge in [-0.15, -0.1) is 0 Å². The number of hydrogen-bond acceptors (Lipinski definition) is 1. The summed E-state index contributed by atoms with van der Waals surface area (Å²) in [5.74, 6) is 0. The first-order chi connectivity index (χ1) is 7.74. The topological polar surface area (TPSA) is 17.1 Å². The number of halogens is 2. The van der Waals surface area contributed by atoms with Crippen LogP contribution in [0, 0.1) is 0 Å². The third kappa shape index (κ3) is 1.97. The van der Waals surface area contributed by atoms with Gasteiger partial charge in [-0.25, -0.2) is 0 Å². The quantitative estimate of drug-likeness (QED) is 0.719. The number of rotatable bonds is 2. The predicted molar refractivity (Wildman–Crippen MR) is 67.3 cm³/mol. The number of aldehydes is 1. The monoisotopic (exact) mass is 250 g/mol. The van der Waals surface area contributed by atoms with Crippen LogP contribution in [0.3, 0.4) is 0 Å². The molecule has 0 radical (unpaired) electrons. The number of benzene rings is 2. The highest BCUT2D eigenvalue weighted by atomic mass is 35.5. The third-order valence-corrected chi connectivity index (χ3v) is 3.12. The zero-order valence-electron chi connectivity index (χ0n) is 8.28. The molecule has 0 aliphatic rings. The van der Waals surface area contributed by atoms with E-state index in [1.807, 2.05) is 30.3 Å². The summed E-state index contributed by atoms with van der Waals surface area (Å²) >= 11 is 12.1. The lowest BCUT2D eigenvalue weighted by atomic mass is 10.0. The molecule has 0 saturated heterocycles. The van der Waals surface area contributed by atoms with E-state index in [2.05, 4.69) is 0 Å². The molecule has 0 heterocycles. The van der Waals surface area contributed by atoms with Crippen molar-refractivity contribution in [3.05, 3.63) is 58.1 Å². The number of hydrogen-bond donors (Lipinski definition) is 0. The highest BCUT2D eigenvalue weighted by Gasteiger charge is 2.11. The van der Waals surface area contributed by atoms with Crippen LogP contribution >= 0.6 is 23.2 Å². The van der Waals surface area contributed by atoms with Crippen LogP contribution in [0.5, 0.6) is 0 Å². The zero-order chi connectivity index (χ0) is 11.5. The van der Waals surface area contributed by atoms with Crippen molar-refractivity contribution in [1.82, 2.24) is 0 Å². The largest absolute Gasteiger partial charge is 0.298 e. The molecule has 3 heteroatoms. The van der Waals surface area contributed by atoms with Crippen molar-refractivity contribution >= 4 is 29.5 Å². The molecule has 2 rings (SSSR count). The summed E-state index contributed by atoms with van der Waals surface area (Å²) in [6, 6.07) is 12.8. The molecule has 0 aromatic heterocycles. The summed E-state index contributed by atoms with van der Waals surface area (Å²) < 4.78 is 0. The second kappa shape index (κ2) is 4.69. The Morgan fingerprint density at radius 2 is 1.62 bits per heavy atom. The van der Waals surface area contributed by atoms with Gasteiger partial charge in [0, 0.05) is 11.1 Å². The summed E-state index contributed by atoms with van der Waals surface area (Å²) in [5, 5.41) is 0.864. The SMILES string of the molecule is O=Cc1ccc(Cl)c(Cl)c1-c1ccccc1. The molecule has 0 spiro atoms. The lowest BCUT2D eigenvalue weighted by Gasteiger charge is -2.08. The Hall–Kier alpha value is -1.31. The van der Waals surface area contributed by atoms with E-state index < -0.39 is 0 Å². The molecule has 1 nitrogen and oxygen atoms in total. The van der Waals surface area contributed by atoms with Crippen molar-refractivity contribution in [1.29, 1.82) is 0 Å². The van der Waals surface area contributed by atoms with Gasteiger partial charge in [0.1, 0.15) is 0 Å². The molecule has 0 atom stereocenters. The van der Waals surface area contributed by atoms with Gasteiger partial charge in [-0.3, -0.25) is 4.79 Å². The predicted octanol–water partition coefficient (Wildman–Crippen LogP) is 4.47. The van der Waals surface area contributed by atoms with Gasteiger partial charge in [0.15, 0.2) is 6.29 Å². The highest BCUT2D eigenvalue weighted by molar-refractivity contribution is 6.44. The molecule has 2 aromatic rings. The van der Waals surface area contributed by atoms with Crippen LogP contribution < -0.4 is 0 Å². The van der Waals surface area contributed by atoms with E-state index in [0.29, 0.717) is 21.2 Å². The van der Waals surface area contributed by atoms with Gasteiger partial charge in [-0.2, -0.15) is 0 Å². The standard InChI is InChI=1S/C13H8Cl2O/c14-11-7-6-10(8-16)12(13(11)15)9-4-2-1-3-5-9/h1-8H. The van der Waals surface area contributed by atoms with Crippen LogP contribution in [0.2, 0.25) is 10.0 Å². The minimum Gasteiger partial charge on any atom is -0.298 e. The average Bonchev–Trinajstić information content (AvgIpc) is 2.33. The van der Waals surface area contributed by atoms with Crippen molar-refractivity contribution in [2.75, 3.05) is 0 Å². The molecule has 0 fully saturated rings. The Morgan fingerprint density at radius 1 is 0.938 bits per heavy atom. The fourth-order valence-corrected chi connectivity index (χ4v) is 2.00. The lowest BCUT2D eigenvalue weighted by molar-refractivity contribution is 0.112. The van der Waals surface area contributed by atoms with Crippen LogP contribution in [0.4, 0.5) is 0 Å². The van der Waals surface area contributed by atoms with Crippen LogP contribution in [0.15, 0.2) is 42.5 Å². The van der Waals surface area contributed by atoms with Gasteiger partial charge in [0.25, 0.3) is 0 Å². The van der Waals surface area contributed by atoms with Crippen LogP contribution in [-0.4, -0.2) is 6.29 Å². The summed E-state index contributed by atoms with van der Waals surface area (Å²) in [6.07, 6.45) is 0.782. The van der Waals surface area contributed by atoms with E-state index in [1.54, 1.807) is 12.1 Å². The first-order valence-electron chi connectivity index (χ1n) is 4.72. The molecule has 16 heavy (non-hydrogen) atoms. The van der Waals surface area contributed by atoms with Crippen molar-refractivity contribution in [2.45, 2.75) is 0 Å². The van der Waals surface area contributed by atoms with Gasteiger partial charge in [-0.1, -0.05) is 53.5 Å². The van der Waals surface area contributed by atoms with E-state index in [9.17, 15) is 4.79 Å². The van der Waals surface area contributed by atoms with E-state index >= 15 is 0 Å². The Bertz CT molecular complexity index is 521. The van der Waals surface area contributed by atoms with Crippen LogP contribution in [-0.2, 0) is 0 Å². The number of carbonyl (C=O) groups is 1. The van der Waals surface area contributed by atoms with Crippen molar-refractivity contribution in [3.63, 3.8) is 0 Å². The second-order valence-electron chi connectivity index (χ2n) is 3.31. The fourth-order valence-electron chi connectivity index (χ4n) is 1.56. The lowest BCUT2D eigenvalue weighted by Crippen LogP contribution is -1.89. The van der Waals surface area contributed by atoms with Gasteiger partial charge in [-0.05, 0) is 17.7 Å². The van der Waals surface area contributed by atoms with Gasteiger partial charge in [0.2, 0.25) is 0 Å². The van der Waals surface area contributed by atoms with Gasteiger partial charge >= 0.3 is 0 Å². The van der Waals surface area contributed by atoms with Crippen molar-refractivity contribution in [3.8, 4) is 11.1 Å². The van der Waals surface area contributed by atoms with Crippen molar-refractivity contribution < 1.29 is 4.79 Å². The minimum absolute atomic E-state index is 0.414. The molecule has 0 N–H and O–H groups in total. The second-order valence-corrected chi connectivity index (χ2v) is 4.09. The van der Waals surface area contributed by atoms with Gasteiger partial charge in [0.05, 0.1) is 10.0 Å². The minimum atomic E-state index is 0.414. The molecule has 0 aliphatic carbocycles. The maximum absolute atomic E-state index is 11.0. The normalized spacial score (nSPS) is 10.1. The first kappa shape index (κ1) is 11.2. The van der Waals surface area contributed by atoms with E-state index in [1.165, 1.54) is 0 Å². The maximum atomic E-state index is 11.0. The first-order valence-corrected chi connectivity index (χ1v) is 5.48. The molecule has 0 amide bonds. The summed E-state index contributed by atoms with van der Waals surface area (Å²) in [7, 11) is 0. The molecule has 0 unspecified atom stereocenters. The van der Waals surface area contributed by atoms with Gasteiger partial charge < -0.3 is 0 Å². The number of carbonyl (C=O) groups excluding carboxylic acids is 1. The zero-order valence-corrected chi connectivity index (χ0v) is 9.79. The van der Waals surface area contributed by atoms with Crippen LogP contribution in [0.25, 0.3) is 11.1 Å².